The molecule has 1 aliphatic rings. The molecule has 1 aliphatic heterocycles. The molecule has 0 unspecified atom stereocenters. The Morgan fingerprint density at radius 2 is 2.27 bits per heavy atom. The van der Waals surface area contributed by atoms with Gasteiger partial charge in [0, 0.05) is 0 Å². The third-order valence-corrected chi connectivity index (χ3v) is 3.01. The molecule has 0 saturated carbocycles. The van der Waals surface area contributed by atoms with Crippen LogP contribution in [0.3, 0.4) is 0 Å². The summed E-state index contributed by atoms with van der Waals surface area (Å²) >= 11 is 6.19. The molecule has 11 heavy (non-hydrogen) atoms. The molecular weight excluding hydrogens is 182 g/mol. The number of carbonyl (C=O) groups excluding carboxylic acids is 1. The third-order valence-electron chi connectivity index (χ3n) is 1.46. The molecule has 1 rings (SSSR count). The van der Waals surface area contributed by atoms with Crippen molar-refractivity contribution in [1.82, 2.24) is 4.90 Å². The molecule has 0 bridgehead atoms. The van der Waals surface area contributed by atoms with Gasteiger partial charge in [-0.05, 0) is 13.8 Å². The first-order valence-electron chi connectivity index (χ1n) is 3.15. The maximum Gasteiger partial charge on any atom is 0.246 e. The highest BCUT2D eigenvalue weighted by Crippen LogP contribution is 2.36. The largest absolute Gasteiger partial charge is 0.376 e. The van der Waals surface area contributed by atoms with Crippen molar-refractivity contribution >= 4 is 34.2 Å². The van der Waals surface area contributed by atoms with Gasteiger partial charge in [-0.1, -0.05) is 24.0 Å². The van der Waals surface area contributed by atoms with Crippen LogP contribution in [0.25, 0.3) is 0 Å². The Bertz CT molecular complexity index is 215. The fraction of sp³-hybridized carbons (Fsp3) is 0.667. The number of thioether (sulfide) groups is 1. The fourth-order valence-corrected chi connectivity index (χ4v) is 2.50. The second-order valence-electron chi connectivity index (χ2n) is 2.75. The summed E-state index contributed by atoms with van der Waals surface area (Å²) in [5.74, 6) is -0.116. The molecule has 1 heterocycles. The van der Waals surface area contributed by atoms with E-state index in [9.17, 15) is 4.79 Å². The van der Waals surface area contributed by atoms with Crippen molar-refractivity contribution in [3.8, 4) is 0 Å². The van der Waals surface area contributed by atoms with Crippen LogP contribution >= 0.6 is 24.0 Å². The van der Waals surface area contributed by atoms with Gasteiger partial charge in [0.15, 0.2) is 0 Å². The summed E-state index contributed by atoms with van der Waals surface area (Å²) < 4.78 is -0.0395. The average molecular weight is 191 g/mol. The second-order valence-corrected chi connectivity index (χ2v) is 5.01. The first kappa shape index (κ1) is 8.96. The van der Waals surface area contributed by atoms with E-state index in [1.807, 2.05) is 0 Å². The highest BCUT2D eigenvalue weighted by atomic mass is 32.2. The van der Waals surface area contributed by atoms with Gasteiger partial charge in [0.25, 0.3) is 0 Å². The SMILES string of the molecule is CC1(C)SC(=S)N(CO)C1=O. The van der Waals surface area contributed by atoms with E-state index in [0.29, 0.717) is 4.32 Å². The quantitative estimate of drug-likeness (QED) is 0.615. The fourth-order valence-electron chi connectivity index (χ4n) is 0.847. The van der Waals surface area contributed by atoms with Gasteiger partial charge in [0.2, 0.25) is 5.91 Å². The van der Waals surface area contributed by atoms with E-state index in [1.165, 1.54) is 16.7 Å². The van der Waals surface area contributed by atoms with Crippen molar-refractivity contribution in [2.24, 2.45) is 0 Å². The maximum atomic E-state index is 11.3. The van der Waals surface area contributed by atoms with Crippen molar-refractivity contribution in [1.29, 1.82) is 0 Å². The van der Waals surface area contributed by atoms with Crippen LogP contribution in [0, 0.1) is 0 Å². The Balaban J connectivity index is 2.88. The first-order valence-corrected chi connectivity index (χ1v) is 4.37. The van der Waals surface area contributed by atoms with Crippen LogP contribution in [0.1, 0.15) is 13.8 Å². The van der Waals surface area contributed by atoms with Crippen LogP contribution in [-0.2, 0) is 4.79 Å². The zero-order valence-electron chi connectivity index (χ0n) is 6.33. The summed E-state index contributed by atoms with van der Waals surface area (Å²) in [6, 6.07) is 0. The molecule has 62 valence electrons. The molecule has 5 heteroatoms. The van der Waals surface area contributed by atoms with Crippen molar-refractivity contribution in [3.63, 3.8) is 0 Å². The maximum absolute atomic E-state index is 11.3. The number of thiocarbonyl (C=S) groups is 1. The Morgan fingerprint density at radius 3 is 2.45 bits per heavy atom. The molecule has 1 N–H and O–H groups in total. The van der Waals surface area contributed by atoms with Crippen molar-refractivity contribution in [3.05, 3.63) is 0 Å². The smallest absolute Gasteiger partial charge is 0.246 e. The Hall–Kier alpha value is -0.130. The van der Waals surface area contributed by atoms with Crippen LogP contribution in [0.5, 0.6) is 0 Å². The predicted molar refractivity (Wildman–Crippen MR) is 48.2 cm³/mol. The summed E-state index contributed by atoms with van der Waals surface area (Å²) in [4.78, 5) is 12.5. The van der Waals surface area contributed by atoms with Crippen LogP contribution < -0.4 is 0 Å². The highest BCUT2D eigenvalue weighted by molar-refractivity contribution is 8.24. The lowest BCUT2D eigenvalue weighted by Crippen LogP contribution is -2.36. The minimum Gasteiger partial charge on any atom is -0.376 e. The van der Waals surface area contributed by atoms with Gasteiger partial charge in [-0.25, -0.2) is 0 Å². The highest BCUT2D eigenvalue weighted by Gasteiger charge is 2.42. The molecule has 1 fully saturated rings. The van der Waals surface area contributed by atoms with Gasteiger partial charge in [0.1, 0.15) is 11.1 Å². The number of hydrogen-bond donors (Lipinski definition) is 1. The van der Waals surface area contributed by atoms with Gasteiger partial charge in [0.05, 0.1) is 4.75 Å². The zero-order chi connectivity index (χ0) is 8.65. The molecule has 0 aromatic heterocycles. The lowest BCUT2D eigenvalue weighted by molar-refractivity contribution is -0.130. The number of nitrogens with zero attached hydrogens (tertiary/aromatic N) is 1. The van der Waals surface area contributed by atoms with E-state index in [1.54, 1.807) is 13.8 Å². The molecule has 1 saturated heterocycles. The lowest BCUT2D eigenvalue weighted by atomic mass is 10.2. The van der Waals surface area contributed by atoms with E-state index < -0.39 is 4.75 Å². The molecule has 0 aliphatic carbocycles. The van der Waals surface area contributed by atoms with E-state index >= 15 is 0 Å². The molecule has 0 radical (unpaired) electrons. The Labute approximate surface area is 74.8 Å². The first-order chi connectivity index (χ1) is 4.99. The number of aliphatic hydroxyl groups is 1. The second kappa shape index (κ2) is 2.73. The van der Waals surface area contributed by atoms with Gasteiger partial charge >= 0.3 is 0 Å². The lowest BCUT2D eigenvalue weighted by Gasteiger charge is -2.13. The monoisotopic (exact) mass is 191 g/mol. The molecule has 0 aromatic rings. The van der Waals surface area contributed by atoms with Crippen molar-refractivity contribution in [2.45, 2.75) is 18.6 Å². The number of carbonyl (C=O) groups is 1. The topological polar surface area (TPSA) is 40.5 Å². The zero-order valence-corrected chi connectivity index (χ0v) is 7.96. The summed E-state index contributed by atoms with van der Waals surface area (Å²) in [6.07, 6.45) is 0. The van der Waals surface area contributed by atoms with Crippen LogP contribution in [-0.4, -0.2) is 31.7 Å². The van der Waals surface area contributed by atoms with E-state index in [0.717, 1.165) is 0 Å². The molecule has 0 atom stereocenters. The molecular formula is C6H9NO2S2. The number of aliphatic hydroxyl groups excluding tert-OH is 1. The van der Waals surface area contributed by atoms with Gasteiger partial charge < -0.3 is 5.11 Å². The third kappa shape index (κ3) is 1.40. The number of amides is 1. The molecule has 0 spiro atoms. The summed E-state index contributed by atoms with van der Waals surface area (Å²) in [5.41, 5.74) is 0. The van der Waals surface area contributed by atoms with Crippen molar-refractivity contribution < 1.29 is 9.90 Å². The van der Waals surface area contributed by atoms with E-state index in [4.69, 9.17) is 17.3 Å². The minimum atomic E-state index is -0.500. The summed E-state index contributed by atoms with van der Waals surface area (Å²) in [6.45, 7) is 3.28. The molecule has 1 amide bonds. The van der Waals surface area contributed by atoms with E-state index in [-0.39, 0.29) is 12.6 Å². The minimum absolute atomic E-state index is 0.116. The predicted octanol–water partition coefficient (Wildman–Crippen LogP) is 0.575. The van der Waals surface area contributed by atoms with E-state index in [2.05, 4.69) is 0 Å². The van der Waals surface area contributed by atoms with Crippen LogP contribution in [0.2, 0.25) is 0 Å². The van der Waals surface area contributed by atoms with Crippen LogP contribution in [0.15, 0.2) is 0 Å². The Morgan fingerprint density at radius 1 is 1.73 bits per heavy atom. The standard InChI is InChI=1S/C6H9NO2S2/c1-6(2)4(9)7(3-8)5(10)11-6/h8H,3H2,1-2H3. The van der Waals surface area contributed by atoms with Gasteiger partial charge in [-0.2, -0.15) is 0 Å². The van der Waals surface area contributed by atoms with Gasteiger partial charge in [-0.15, -0.1) is 0 Å². The molecule has 0 aromatic carbocycles. The average Bonchev–Trinajstić information content (AvgIpc) is 2.04. The number of hydrogen-bond acceptors (Lipinski definition) is 4. The Kier molecular flexibility index (Phi) is 2.22. The summed E-state index contributed by atoms with van der Waals surface area (Å²) in [5, 5.41) is 8.74. The van der Waals surface area contributed by atoms with Gasteiger partial charge in [-0.3, -0.25) is 9.69 Å². The molecule has 3 nitrogen and oxygen atoms in total. The van der Waals surface area contributed by atoms with Crippen molar-refractivity contribution in [2.75, 3.05) is 6.73 Å². The normalized spacial score (nSPS) is 23.0. The summed E-state index contributed by atoms with van der Waals surface area (Å²) in [7, 11) is 0. The van der Waals surface area contributed by atoms with Crippen LogP contribution in [0.4, 0.5) is 0 Å². The number of rotatable bonds is 1.